The van der Waals surface area contributed by atoms with Gasteiger partial charge in [0, 0.05) is 5.02 Å². The van der Waals surface area contributed by atoms with E-state index in [1.54, 1.807) is 29.7 Å². The monoisotopic (exact) mass is 355 g/mol. The standard InChI is InChI=1S/C18H14ClN3OS/c1-12(10-20)24-18-21-16-9-5-3-7-14(16)17(23)22(18)11-13-6-2-4-8-15(13)19/h2-9,12H,11H2,1H3/t12-/m0/s1. The molecule has 2 aromatic carbocycles. The summed E-state index contributed by atoms with van der Waals surface area (Å²) in [5.74, 6) is 0. The summed E-state index contributed by atoms with van der Waals surface area (Å²) in [6.07, 6.45) is 0. The quantitative estimate of drug-likeness (QED) is 0.522. The van der Waals surface area contributed by atoms with Gasteiger partial charge in [0.1, 0.15) is 0 Å². The maximum Gasteiger partial charge on any atom is 0.262 e. The summed E-state index contributed by atoms with van der Waals surface area (Å²) in [4.78, 5) is 17.5. The van der Waals surface area contributed by atoms with Gasteiger partial charge in [-0.3, -0.25) is 9.36 Å². The van der Waals surface area contributed by atoms with Crippen molar-refractivity contribution in [1.29, 1.82) is 5.26 Å². The van der Waals surface area contributed by atoms with Gasteiger partial charge in [-0.1, -0.05) is 53.7 Å². The van der Waals surface area contributed by atoms with Crippen LogP contribution in [-0.2, 0) is 6.54 Å². The van der Waals surface area contributed by atoms with Gasteiger partial charge in [0.25, 0.3) is 5.56 Å². The van der Waals surface area contributed by atoms with Gasteiger partial charge >= 0.3 is 0 Å². The molecule has 24 heavy (non-hydrogen) atoms. The number of thioether (sulfide) groups is 1. The zero-order valence-electron chi connectivity index (χ0n) is 12.9. The van der Waals surface area contributed by atoms with Crippen LogP contribution in [0.3, 0.4) is 0 Å². The molecule has 4 nitrogen and oxygen atoms in total. The second-order valence-electron chi connectivity index (χ2n) is 5.28. The highest BCUT2D eigenvalue weighted by atomic mass is 35.5. The van der Waals surface area contributed by atoms with Crippen molar-refractivity contribution in [3.05, 3.63) is 69.5 Å². The van der Waals surface area contributed by atoms with Crippen molar-refractivity contribution in [3.63, 3.8) is 0 Å². The van der Waals surface area contributed by atoms with Crippen LogP contribution in [0.5, 0.6) is 0 Å². The zero-order valence-corrected chi connectivity index (χ0v) is 14.5. The molecule has 3 rings (SSSR count). The van der Waals surface area contributed by atoms with Crippen LogP contribution in [0.25, 0.3) is 10.9 Å². The van der Waals surface area contributed by atoms with Gasteiger partial charge in [0.2, 0.25) is 0 Å². The van der Waals surface area contributed by atoms with E-state index in [1.807, 2.05) is 30.3 Å². The molecule has 3 aromatic rings. The van der Waals surface area contributed by atoms with E-state index in [4.69, 9.17) is 16.9 Å². The second-order valence-corrected chi connectivity index (χ2v) is 7.00. The number of rotatable bonds is 4. The smallest absolute Gasteiger partial charge is 0.262 e. The third-order valence-corrected chi connectivity index (χ3v) is 4.93. The zero-order chi connectivity index (χ0) is 17.1. The summed E-state index contributed by atoms with van der Waals surface area (Å²) in [6.45, 7) is 2.10. The van der Waals surface area contributed by atoms with E-state index >= 15 is 0 Å². The first-order valence-electron chi connectivity index (χ1n) is 7.39. The van der Waals surface area contributed by atoms with E-state index in [0.29, 0.717) is 27.6 Å². The average molecular weight is 356 g/mol. The van der Waals surface area contributed by atoms with Gasteiger partial charge in [0.15, 0.2) is 5.16 Å². The molecule has 0 saturated carbocycles. The molecule has 1 aromatic heterocycles. The number of aromatic nitrogens is 2. The van der Waals surface area contributed by atoms with Gasteiger partial charge in [-0.15, -0.1) is 0 Å². The van der Waals surface area contributed by atoms with E-state index < -0.39 is 0 Å². The molecule has 0 aliphatic carbocycles. The van der Waals surface area contributed by atoms with Crippen molar-refractivity contribution in [3.8, 4) is 6.07 Å². The number of nitriles is 1. The van der Waals surface area contributed by atoms with Crippen LogP contribution in [0.2, 0.25) is 5.02 Å². The van der Waals surface area contributed by atoms with Gasteiger partial charge in [-0.25, -0.2) is 4.98 Å². The highest BCUT2D eigenvalue weighted by Crippen LogP contribution is 2.24. The third-order valence-electron chi connectivity index (χ3n) is 3.58. The van der Waals surface area contributed by atoms with E-state index in [9.17, 15) is 4.79 Å². The Morgan fingerprint density at radius 1 is 1.25 bits per heavy atom. The molecule has 120 valence electrons. The first-order valence-corrected chi connectivity index (χ1v) is 8.65. The minimum Gasteiger partial charge on any atom is -0.282 e. The first kappa shape index (κ1) is 16.6. The minimum absolute atomic E-state index is 0.131. The van der Waals surface area contributed by atoms with Gasteiger partial charge in [-0.05, 0) is 30.7 Å². The Bertz CT molecular complexity index is 993. The summed E-state index contributed by atoms with van der Waals surface area (Å²) in [5, 5.41) is 10.5. The van der Waals surface area contributed by atoms with E-state index in [-0.39, 0.29) is 10.8 Å². The van der Waals surface area contributed by atoms with E-state index in [1.165, 1.54) is 11.8 Å². The van der Waals surface area contributed by atoms with E-state index in [2.05, 4.69) is 11.1 Å². The fourth-order valence-electron chi connectivity index (χ4n) is 2.36. The predicted octanol–water partition coefficient (Wildman–Crippen LogP) is 4.10. The Kier molecular flexibility index (Phi) is 4.89. The van der Waals surface area contributed by atoms with Gasteiger partial charge in [-0.2, -0.15) is 5.26 Å². The van der Waals surface area contributed by atoms with Crippen LogP contribution >= 0.6 is 23.4 Å². The molecule has 6 heteroatoms. The fraction of sp³-hybridized carbons (Fsp3) is 0.167. The molecule has 0 fully saturated rings. The first-order chi connectivity index (χ1) is 11.6. The van der Waals surface area contributed by atoms with Gasteiger partial charge < -0.3 is 0 Å². The lowest BCUT2D eigenvalue weighted by atomic mass is 10.2. The lowest BCUT2D eigenvalue weighted by Crippen LogP contribution is -2.24. The van der Waals surface area contributed by atoms with Crippen molar-refractivity contribution >= 4 is 34.3 Å². The molecule has 0 N–H and O–H groups in total. The Morgan fingerprint density at radius 2 is 1.96 bits per heavy atom. The number of hydrogen-bond donors (Lipinski definition) is 0. The topological polar surface area (TPSA) is 58.7 Å². The molecule has 0 aliphatic heterocycles. The van der Waals surface area contributed by atoms with Crippen molar-refractivity contribution in [1.82, 2.24) is 9.55 Å². The number of para-hydroxylation sites is 1. The average Bonchev–Trinajstić information content (AvgIpc) is 2.59. The number of benzene rings is 2. The maximum atomic E-state index is 12.9. The predicted molar refractivity (Wildman–Crippen MR) is 97.5 cm³/mol. The van der Waals surface area contributed by atoms with Crippen LogP contribution in [0.1, 0.15) is 12.5 Å². The van der Waals surface area contributed by atoms with Gasteiger partial charge in [0.05, 0.1) is 28.8 Å². The normalized spacial score (nSPS) is 12.0. The maximum absolute atomic E-state index is 12.9. The highest BCUT2D eigenvalue weighted by Gasteiger charge is 2.15. The lowest BCUT2D eigenvalue weighted by molar-refractivity contribution is 0.657. The van der Waals surface area contributed by atoms with Crippen LogP contribution < -0.4 is 5.56 Å². The molecule has 0 bridgehead atoms. The third kappa shape index (κ3) is 3.30. The summed E-state index contributed by atoms with van der Waals surface area (Å²) in [7, 11) is 0. The number of fused-ring (bicyclic) bond motifs is 1. The number of halogens is 1. The minimum atomic E-state index is -0.310. The number of nitrogens with zero attached hydrogens (tertiary/aromatic N) is 3. The van der Waals surface area contributed by atoms with Crippen molar-refractivity contribution in [2.45, 2.75) is 23.9 Å². The van der Waals surface area contributed by atoms with Crippen molar-refractivity contribution < 1.29 is 0 Å². The van der Waals surface area contributed by atoms with Crippen molar-refractivity contribution in [2.75, 3.05) is 0 Å². The molecule has 0 saturated heterocycles. The Hall–Kier alpha value is -2.29. The molecule has 1 heterocycles. The molecule has 0 spiro atoms. The van der Waals surface area contributed by atoms with Crippen LogP contribution in [0.15, 0.2) is 58.5 Å². The molecular formula is C18H14ClN3OS. The molecule has 0 aliphatic rings. The fourth-order valence-corrected chi connectivity index (χ4v) is 3.35. The molecule has 0 unspecified atom stereocenters. The van der Waals surface area contributed by atoms with E-state index in [0.717, 1.165) is 5.56 Å². The van der Waals surface area contributed by atoms with Crippen LogP contribution in [-0.4, -0.2) is 14.8 Å². The summed E-state index contributed by atoms with van der Waals surface area (Å²) >= 11 is 7.51. The molecule has 1 atom stereocenters. The van der Waals surface area contributed by atoms with Crippen LogP contribution in [0, 0.1) is 11.3 Å². The lowest BCUT2D eigenvalue weighted by Gasteiger charge is -2.14. The SMILES string of the molecule is C[C@@H](C#N)Sc1nc2ccccc2c(=O)n1Cc1ccccc1Cl. The molecule has 0 amide bonds. The Balaban J connectivity index is 2.18. The summed E-state index contributed by atoms with van der Waals surface area (Å²) in [5.41, 5.74) is 1.34. The Labute approximate surface area is 148 Å². The summed E-state index contributed by atoms with van der Waals surface area (Å²) < 4.78 is 1.59. The molecule has 0 radical (unpaired) electrons. The summed E-state index contributed by atoms with van der Waals surface area (Å²) in [6, 6.07) is 16.8. The van der Waals surface area contributed by atoms with Crippen molar-refractivity contribution in [2.24, 2.45) is 0 Å². The van der Waals surface area contributed by atoms with Crippen LogP contribution in [0.4, 0.5) is 0 Å². The molecular weight excluding hydrogens is 342 g/mol. The largest absolute Gasteiger partial charge is 0.282 e. The highest BCUT2D eigenvalue weighted by molar-refractivity contribution is 8.00. The Morgan fingerprint density at radius 3 is 2.71 bits per heavy atom. The second kappa shape index (κ2) is 7.08. The number of hydrogen-bond acceptors (Lipinski definition) is 4.